The number of nitrogens with zero attached hydrogens (tertiary/aromatic N) is 3. The van der Waals surface area contributed by atoms with E-state index in [9.17, 15) is 19.5 Å². The van der Waals surface area contributed by atoms with Gasteiger partial charge in [0.05, 0.1) is 11.2 Å². The number of rotatable bonds is 8. The molecular formula is C11H12N4O5S. The Balaban J connectivity index is 2.61. The molecule has 112 valence electrons. The number of carbonyl (C=O) groups is 3. The number of aliphatic carboxylic acids is 1. The molecule has 0 saturated carbocycles. The van der Waals surface area contributed by atoms with Crippen LogP contribution in [-0.4, -0.2) is 49.9 Å². The monoisotopic (exact) mass is 312 g/mol. The van der Waals surface area contributed by atoms with Gasteiger partial charge in [-0.1, -0.05) is 0 Å². The molecule has 0 bridgehead atoms. The summed E-state index contributed by atoms with van der Waals surface area (Å²) in [6, 6.07) is -1.35. The first-order valence-corrected chi connectivity index (χ1v) is 6.69. The van der Waals surface area contributed by atoms with Crippen molar-refractivity contribution in [2.24, 2.45) is 0 Å². The molecule has 1 aromatic rings. The van der Waals surface area contributed by atoms with Crippen LogP contribution in [0.4, 0.5) is 0 Å². The van der Waals surface area contributed by atoms with Crippen LogP contribution >= 0.6 is 11.3 Å². The van der Waals surface area contributed by atoms with Crippen molar-refractivity contribution in [3.63, 3.8) is 0 Å². The lowest BCUT2D eigenvalue weighted by molar-refractivity contribution is -0.143. The van der Waals surface area contributed by atoms with Gasteiger partial charge >= 0.3 is 12.2 Å². The van der Waals surface area contributed by atoms with Gasteiger partial charge in [0.2, 0.25) is 5.78 Å². The van der Waals surface area contributed by atoms with E-state index in [-0.39, 0.29) is 18.5 Å². The van der Waals surface area contributed by atoms with E-state index in [2.05, 4.69) is 15.1 Å². The van der Waals surface area contributed by atoms with Gasteiger partial charge in [-0.3, -0.25) is 9.59 Å². The maximum atomic E-state index is 11.7. The number of carboxylic acid groups (broad SMARTS) is 1. The van der Waals surface area contributed by atoms with Crippen LogP contribution in [0.5, 0.6) is 0 Å². The van der Waals surface area contributed by atoms with Gasteiger partial charge in [-0.2, -0.15) is 4.79 Å². The number of aromatic nitrogens is 1. The Morgan fingerprint density at radius 3 is 2.76 bits per heavy atom. The quantitative estimate of drug-likeness (QED) is 0.331. The number of hydrogen-bond acceptors (Lipinski definition) is 6. The molecule has 0 spiro atoms. The molecular weight excluding hydrogens is 300 g/mol. The minimum Gasteiger partial charge on any atom is -0.480 e. The Morgan fingerprint density at radius 2 is 2.24 bits per heavy atom. The molecule has 0 radical (unpaired) electrons. The number of aliphatic hydroxyl groups is 1. The minimum absolute atomic E-state index is 0.116. The van der Waals surface area contributed by atoms with Crippen molar-refractivity contribution in [3.8, 4) is 0 Å². The van der Waals surface area contributed by atoms with E-state index in [0.29, 0.717) is 6.21 Å². The molecule has 10 heteroatoms. The summed E-state index contributed by atoms with van der Waals surface area (Å²) in [4.78, 5) is 40.1. The first-order valence-electron chi connectivity index (χ1n) is 5.75. The van der Waals surface area contributed by atoms with Gasteiger partial charge in [0.25, 0.3) is 5.91 Å². The number of thiazole rings is 1. The number of carboxylic acids is 1. The number of hydrogen-bond donors (Lipinski definition) is 3. The Bertz CT molecular complexity index is 567. The van der Waals surface area contributed by atoms with Crippen LogP contribution < -0.4 is 5.32 Å². The molecule has 1 heterocycles. The zero-order valence-corrected chi connectivity index (χ0v) is 11.5. The van der Waals surface area contributed by atoms with E-state index in [0.717, 1.165) is 0 Å². The highest BCUT2D eigenvalue weighted by atomic mass is 32.1. The summed E-state index contributed by atoms with van der Waals surface area (Å²) in [7, 11) is 0. The summed E-state index contributed by atoms with van der Waals surface area (Å²) in [5, 5.41) is 22.2. The van der Waals surface area contributed by atoms with Gasteiger partial charge in [-0.25, -0.2) is 9.78 Å². The average Bonchev–Trinajstić information content (AvgIpc) is 2.96. The van der Waals surface area contributed by atoms with E-state index in [1.54, 1.807) is 0 Å². The normalized spacial score (nSPS) is 12.8. The second kappa shape index (κ2) is 8.00. The van der Waals surface area contributed by atoms with Gasteiger partial charge in [-0.15, -0.1) is 11.3 Å². The summed E-state index contributed by atoms with van der Waals surface area (Å²) in [5.74, 6) is -2.85. The SMILES string of the molecule is [N-]=[N+]=CC(=O)CC[C@H](NC(=O)[C@H](O)c1cscn1)C(=O)O. The lowest BCUT2D eigenvalue weighted by Gasteiger charge is -2.15. The van der Waals surface area contributed by atoms with Crippen molar-refractivity contribution in [2.45, 2.75) is 25.0 Å². The third-order valence-electron chi connectivity index (χ3n) is 2.48. The van der Waals surface area contributed by atoms with E-state index in [1.165, 1.54) is 22.2 Å². The van der Waals surface area contributed by atoms with Gasteiger partial charge in [0.15, 0.2) is 6.10 Å². The summed E-state index contributed by atoms with van der Waals surface area (Å²) < 4.78 is 0. The second-order valence-electron chi connectivity index (χ2n) is 3.96. The van der Waals surface area contributed by atoms with E-state index in [1.807, 2.05) is 0 Å². The molecule has 21 heavy (non-hydrogen) atoms. The zero-order valence-electron chi connectivity index (χ0n) is 10.7. The Kier molecular flexibility index (Phi) is 6.34. The number of carbonyl (C=O) groups excluding carboxylic acids is 2. The highest BCUT2D eigenvalue weighted by molar-refractivity contribution is 7.07. The Hall–Kier alpha value is -2.42. The number of nitrogens with one attached hydrogen (secondary N) is 1. The molecule has 0 unspecified atom stereocenters. The molecule has 1 amide bonds. The molecule has 9 nitrogen and oxygen atoms in total. The maximum absolute atomic E-state index is 11.7. The molecule has 0 aliphatic rings. The molecule has 0 saturated heterocycles. The largest absolute Gasteiger partial charge is 0.480 e. The maximum Gasteiger partial charge on any atom is 0.326 e. The van der Waals surface area contributed by atoms with Gasteiger partial charge in [0.1, 0.15) is 6.04 Å². The van der Waals surface area contributed by atoms with Gasteiger partial charge < -0.3 is 21.1 Å². The average molecular weight is 312 g/mol. The van der Waals surface area contributed by atoms with Gasteiger partial charge in [0, 0.05) is 11.8 Å². The van der Waals surface area contributed by atoms with Crippen LogP contribution in [0, 0.1) is 0 Å². The summed E-state index contributed by atoms with van der Waals surface area (Å²) in [5.41, 5.74) is 9.70. The van der Waals surface area contributed by atoms with Crippen molar-refractivity contribution in [1.29, 1.82) is 0 Å². The number of aliphatic hydroxyl groups excluding tert-OH is 1. The first kappa shape index (κ1) is 16.6. The highest BCUT2D eigenvalue weighted by Gasteiger charge is 2.26. The smallest absolute Gasteiger partial charge is 0.326 e. The Labute approximate surface area is 122 Å². The molecule has 0 aliphatic heterocycles. The molecule has 0 fully saturated rings. The van der Waals surface area contributed by atoms with Crippen molar-refractivity contribution in [2.75, 3.05) is 0 Å². The Morgan fingerprint density at radius 1 is 1.52 bits per heavy atom. The molecule has 3 N–H and O–H groups in total. The second-order valence-corrected chi connectivity index (χ2v) is 4.68. The zero-order chi connectivity index (χ0) is 15.8. The van der Waals surface area contributed by atoms with Crippen molar-refractivity contribution >= 4 is 35.2 Å². The molecule has 0 aliphatic carbocycles. The molecule has 0 aromatic carbocycles. The van der Waals surface area contributed by atoms with Crippen molar-refractivity contribution < 1.29 is 29.4 Å². The fourth-order valence-electron chi connectivity index (χ4n) is 1.41. The third kappa shape index (κ3) is 5.22. The van der Waals surface area contributed by atoms with Crippen LogP contribution in [0.25, 0.3) is 5.53 Å². The lowest BCUT2D eigenvalue weighted by Crippen LogP contribution is -2.43. The van der Waals surface area contributed by atoms with Crippen LogP contribution in [0.15, 0.2) is 10.9 Å². The van der Waals surface area contributed by atoms with E-state index in [4.69, 9.17) is 10.6 Å². The number of Topliss-reactive ketones (excluding diaryl/α,β-unsaturated/α-hetero) is 1. The van der Waals surface area contributed by atoms with Crippen molar-refractivity contribution in [1.82, 2.24) is 10.3 Å². The van der Waals surface area contributed by atoms with Gasteiger partial charge in [-0.05, 0) is 6.42 Å². The fourth-order valence-corrected chi connectivity index (χ4v) is 1.99. The highest BCUT2D eigenvalue weighted by Crippen LogP contribution is 2.13. The predicted octanol–water partition coefficient (Wildman–Crippen LogP) is -0.604. The molecule has 1 aromatic heterocycles. The standard InChI is InChI=1S/C11H12N4O5S/c12-14-3-6(16)1-2-7(11(19)20)15-10(18)9(17)8-4-21-5-13-8/h3-5,7,9,17H,1-2H2,(H,15,18)(H,19,20)/t7-,9+/m0/s1. The number of ketones is 1. The third-order valence-corrected chi connectivity index (χ3v) is 3.08. The topological polar surface area (TPSA) is 153 Å². The van der Waals surface area contributed by atoms with Crippen LogP contribution in [0.2, 0.25) is 0 Å². The number of amides is 1. The predicted molar refractivity (Wildman–Crippen MR) is 70.6 cm³/mol. The van der Waals surface area contributed by atoms with Crippen LogP contribution in [0.1, 0.15) is 24.6 Å². The fraction of sp³-hybridized carbons (Fsp3) is 0.364. The summed E-state index contributed by atoms with van der Waals surface area (Å²) >= 11 is 1.18. The van der Waals surface area contributed by atoms with Crippen LogP contribution in [0.3, 0.4) is 0 Å². The van der Waals surface area contributed by atoms with E-state index < -0.39 is 29.8 Å². The summed E-state index contributed by atoms with van der Waals surface area (Å²) in [6.07, 6.45) is -1.36. The summed E-state index contributed by atoms with van der Waals surface area (Å²) in [6.45, 7) is 0. The van der Waals surface area contributed by atoms with Crippen molar-refractivity contribution in [3.05, 3.63) is 22.1 Å². The lowest BCUT2D eigenvalue weighted by atomic mass is 10.1. The van der Waals surface area contributed by atoms with Crippen LogP contribution in [-0.2, 0) is 14.4 Å². The first-order chi connectivity index (χ1) is 9.95. The molecule has 1 rings (SSSR count). The van der Waals surface area contributed by atoms with E-state index >= 15 is 0 Å². The molecule has 2 atom stereocenters. The minimum atomic E-state index is -1.58.